The summed E-state index contributed by atoms with van der Waals surface area (Å²) in [6, 6.07) is 6.60. The lowest BCUT2D eigenvalue weighted by atomic mass is 9.98. The van der Waals surface area contributed by atoms with E-state index in [9.17, 15) is 0 Å². The van der Waals surface area contributed by atoms with Gasteiger partial charge in [0.25, 0.3) is 0 Å². The average Bonchev–Trinajstić information content (AvgIpc) is 2.59. The third-order valence-corrected chi connectivity index (χ3v) is 2.99. The number of benzene rings is 1. The summed E-state index contributed by atoms with van der Waals surface area (Å²) in [5, 5.41) is 1.30. The Labute approximate surface area is 104 Å². The van der Waals surface area contributed by atoms with Crippen LogP contribution in [0.25, 0.3) is 11.0 Å². The van der Waals surface area contributed by atoms with Gasteiger partial charge in [-0.05, 0) is 47.9 Å². The van der Waals surface area contributed by atoms with Gasteiger partial charge in [0.1, 0.15) is 5.58 Å². The molecule has 0 unspecified atom stereocenters. The van der Waals surface area contributed by atoms with Crippen LogP contribution in [0.15, 0.2) is 28.9 Å². The van der Waals surface area contributed by atoms with E-state index in [0.29, 0.717) is 11.8 Å². The molecule has 0 saturated carbocycles. The minimum atomic E-state index is 0.671. The molecule has 17 heavy (non-hydrogen) atoms. The quantitative estimate of drug-likeness (QED) is 0.733. The van der Waals surface area contributed by atoms with Crippen molar-refractivity contribution in [3.05, 3.63) is 35.6 Å². The average molecular weight is 230 g/mol. The van der Waals surface area contributed by atoms with Gasteiger partial charge in [-0.3, -0.25) is 0 Å². The molecule has 0 aliphatic heterocycles. The van der Waals surface area contributed by atoms with Crippen molar-refractivity contribution in [2.24, 2.45) is 11.8 Å². The highest BCUT2D eigenvalue weighted by molar-refractivity contribution is 5.81. The van der Waals surface area contributed by atoms with Crippen LogP contribution in [0.4, 0.5) is 0 Å². The highest BCUT2D eigenvalue weighted by Gasteiger charge is 2.08. The predicted molar refractivity (Wildman–Crippen MR) is 73.3 cm³/mol. The summed E-state index contributed by atoms with van der Waals surface area (Å²) in [4.78, 5) is 0. The molecular formula is C16H22O. The fourth-order valence-corrected chi connectivity index (χ4v) is 2.33. The summed E-state index contributed by atoms with van der Waals surface area (Å²) in [7, 11) is 0. The molecule has 1 heteroatoms. The zero-order valence-electron chi connectivity index (χ0n) is 11.3. The maximum atomic E-state index is 5.61. The van der Waals surface area contributed by atoms with Crippen LogP contribution in [-0.4, -0.2) is 0 Å². The number of fused-ring (bicyclic) bond motifs is 1. The van der Waals surface area contributed by atoms with Crippen LogP contribution in [0.2, 0.25) is 0 Å². The fraction of sp³-hybridized carbons (Fsp3) is 0.500. The summed E-state index contributed by atoms with van der Waals surface area (Å²) >= 11 is 0. The fourth-order valence-electron chi connectivity index (χ4n) is 2.33. The predicted octanol–water partition coefficient (Wildman–Crippen LogP) is 4.83. The normalized spacial score (nSPS) is 11.9. The Bertz CT molecular complexity index is 491. The summed E-state index contributed by atoms with van der Waals surface area (Å²) < 4.78 is 5.61. The molecule has 2 aromatic rings. The van der Waals surface area contributed by atoms with Crippen molar-refractivity contribution in [1.29, 1.82) is 0 Å². The summed E-state index contributed by atoms with van der Waals surface area (Å²) in [6.07, 6.45) is 4.16. The van der Waals surface area contributed by atoms with E-state index in [4.69, 9.17) is 4.42 Å². The second kappa shape index (κ2) is 4.95. The van der Waals surface area contributed by atoms with Crippen molar-refractivity contribution in [3.63, 3.8) is 0 Å². The summed E-state index contributed by atoms with van der Waals surface area (Å²) in [6.45, 7) is 9.01. The van der Waals surface area contributed by atoms with Crippen LogP contribution in [0.3, 0.4) is 0 Å². The Morgan fingerprint density at radius 2 is 1.71 bits per heavy atom. The Kier molecular flexibility index (Phi) is 3.56. The molecule has 0 N–H and O–H groups in total. The van der Waals surface area contributed by atoms with Crippen molar-refractivity contribution in [2.45, 2.75) is 40.5 Å². The van der Waals surface area contributed by atoms with Gasteiger partial charge in [-0.1, -0.05) is 33.8 Å². The van der Waals surface area contributed by atoms with Crippen molar-refractivity contribution in [3.8, 4) is 0 Å². The minimum Gasteiger partial charge on any atom is -0.464 e. The second-order valence-electron chi connectivity index (χ2n) is 5.79. The maximum absolute atomic E-state index is 5.61. The molecule has 0 aliphatic carbocycles. The van der Waals surface area contributed by atoms with Crippen molar-refractivity contribution >= 4 is 11.0 Å². The Hall–Kier alpha value is -1.24. The highest BCUT2D eigenvalue weighted by Crippen LogP contribution is 2.25. The van der Waals surface area contributed by atoms with Crippen LogP contribution in [0.1, 0.15) is 38.8 Å². The lowest BCUT2D eigenvalue weighted by Crippen LogP contribution is -1.95. The van der Waals surface area contributed by atoms with Gasteiger partial charge < -0.3 is 4.42 Å². The van der Waals surface area contributed by atoms with Gasteiger partial charge in [-0.15, -0.1) is 0 Å². The van der Waals surface area contributed by atoms with Crippen LogP contribution < -0.4 is 0 Å². The molecule has 1 aromatic carbocycles. The summed E-state index contributed by atoms with van der Waals surface area (Å²) in [5.41, 5.74) is 3.78. The van der Waals surface area contributed by atoms with E-state index in [2.05, 4.69) is 45.9 Å². The van der Waals surface area contributed by atoms with E-state index in [-0.39, 0.29) is 0 Å². The van der Waals surface area contributed by atoms with E-state index >= 15 is 0 Å². The molecule has 0 radical (unpaired) electrons. The lowest BCUT2D eigenvalue weighted by molar-refractivity contribution is 0.594. The molecule has 0 amide bonds. The van der Waals surface area contributed by atoms with Crippen molar-refractivity contribution in [2.75, 3.05) is 0 Å². The van der Waals surface area contributed by atoms with Gasteiger partial charge in [-0.25, -0.2) is 0 Å². The van der Waals surface area contributed by atoms with Crippen molar-refractivity contribution < 1.29 is 4.42 Å². The molecule has 1 heterocycles. The van der Waals surface area contributed by atoms with E-state index in [0.717, 1.165) is 18.4 Å². The van der Waals surface area contributed by atoms with Crippen LogP contribution in [-0.2, 0) is 12.8 Å². The zero-order valence-corrected chi connectivity index (χ0v) is 11.3. The van der Waals surface area contributed by atoms with Gasteiger partial charge in [-0.2, -0.15) is 0 Å². The second-order valence-corrected chi connectivity index (χ2v) is 5.79. The third kappa shape index (κ3) is 2.91. The van der Waals surface area contributed by atoms with Gasteiger partial charge in [0.05, 0.1) is 6.26 Å². The Morgan fingerprint density at radius 3 is 2.35 bits per heavy atom. The van der Waals surface area contributed by atoms with Gasteiger partial charge >= 0.3 is 0 Å². The molecule has 0 atom stereocenters. The molecule has 0 saturated heterocycles. The number of rotatable bonds is 4. The first-order valence-corrected chi connectivity index (χ1v) is 6.55. The largest absolute Gasteiger partial charge is 0.464 e. The van der Waals surface area contributed by atoms with E-state index in [1.54, 1.807) is 0 Å². The molecule has 1 aromatic heterocycles. The Balaban J connectivity index is 2.36. The molecule has 0 aliphatic rings. The first-order valence-electron chi connectivity index (χ1n) is 6.55. The molecule has 2 rings (SSSR count). The van der Waals surface area contributed by atoms with Crippen molar-refractivity contribution in [1.82, 2.24) is 0 Å². The van der Waals surface area contributed by atoms with E-state index < -0.39 is 0 Å². The molecular weight excluding hydrogens is 208 g/mol. The van der Waals surface area contributed by atoms with E-state index in [1.807, 2.05) is 6.26 Å². The third-order valence-electron chi connectivity index (χ3n) is 2.99. The highest BCUT2D eigenvalue weighted by atomic mass is 16.3. The van der Waals surface area contributed by atoms with E-state index in [1.165, 1.54) is 16.5 Å². The molecule has 0 fully saturated rings. The number of hydrogen-bond donors (Lipinski definition) is 0. The molecule has 0 spiro atoms. The van der Waals surface area contributed by atoms with Crippen LogP contribution >= 0.6 is 0 Å². The first-order chi connectivity index (χ1) is 8.06. The standard InChI is InChI=1S/C16H22O/c1-11(2)7-13-5-6-16-15(9-13)14(10-17-16)8-12(3)4/h5-6,9-12H,7-8H2,1-4H3. The van der Waals surface area contributed by atoms with Crippen LogP contribution in [0, 0.1) is 11.8 Å². The van der Waals surface area contributed by atoms with Gasteiger partial charge in [0, 0.05) is 5.39 Å². The van der Waals surface area contributed by atoms with Crippen LogP contribution in [0.5, 0.6) is 0 Å². The lowest BCUT2D eigenvalue weighted by Gasteiger charge is -2.06. The topological polar surface area (TPSA) is 13.1 Å². The summed E-state index contributed by atoms with van der Waals surface area (Å²) in [5.74, 6) is 1.37. The monoisotopic (exact) mass is 230 g/mol. The smallest absolute Gasteiger partial charge is 0.134 e. The SMILES string of the molecule is CC(C)Cc1ccc2occ(CC(C)C)c2c1. The Morgan fingerprint density at radius 1 is 1.00 bits per heavy atom. The zero-order chi connectivity index (χ0) is 12.4. The number of furan rings is 1. The number of hydrogen-bond acceptors (Lipinski definition) is 1. The van der Waals surface area contributed by atoms with Gasteiger partial charge in [0.2, 0.25) is 0 Å². The molecule has 1 nitrogen and oxygen atoms in total. The minimum absolute atomic E-state index is 0.671. The van der Waals surface area contributed by atoms with Gasteiger partial charge in [0.15, 0.2) is 0 Å². The molecule has 0 bridgehead atoms. The maximum Gasteiger partial charge on any atom is 0.134 e. The first kappa shape index (κ1) is 12.2. The molecule has 92 valence electrons.